The molecule has 6 rings (SSSR count). The summed E-state index contributed by atoms with van der Waals surface area (Å²) in [7, 11) is 0. The van der Waals surface area contributed by atoms with Crippen LogP contribution in [0.3, 0.4) is 0 Å². The molecular formula is C29H29BrF2N2O4. The van der Waals surface area contributed by atoms with Gasteiger partial charge in [-0.05, 0) is 65.6 Å². The third-order valence-electron chi connectivity index (χ3n) is 7.60. The Balaban J connectivity index is 0.00000336. The molecule has 1 atom stereocenters. The van der Waals surface area contributed by atoms with E-state index >= 15 is 0 Å². The first-order valence-electron chi connectivity index (χ1n) is 12.5. The molecule has 0 radical (unpaired) electrons. The number of phenols is 1. The number of phenolic OH excluding ortho intramolecular Hbond substituents is 1. The Hall–Kier alpha value is -3.30. The van der Waals surface area contributed by atoms with Crippen molar-refractivity contribution in [1.29, 1.82) is 0 Å². The molecule has 1 unspecified atom stereocenters. The van der Waals surface area contributed by atoms with Crippen LogP contribution in [0.2, 0.25) is 0 Å². The largest absolute Gasteiger partial charge is 1.00 e. The van der Waals surface area contributed by atoms with Gasteiger partial charge in [-0.2, -0.15) is 0 Å². The van der Waals surface area contributed by atoms with Crippen molar-refractivity contribution < 1.29 is 49.7 Å². The number of quaternary nitrogens is 1. The summed E-state index contributed by atoms with van der Waals surface area (Å²) < 4.78 is 34.2. The number of hydrogen-bond donors (Lipinski definition) is 2. The van der Waals surface area contributed by atoms with Gasteiger partial charge in [0.25, 0.3) is 0 Å². The van der Waals surface area contributed by atoms with Crippen LogP contribution < -0.4 is 22.3 Å². The SMILES string of the molecule is O=C(NC1C[N+]2(CC(=O)c3ccc(O)cc3)CCC1CC2)OC(c1cccc(F)c1)c1cccc(F)c1.[Br-]. The number of amides is 1. The lowest BCUT2D eigenvalue weighted by Gasteiger charge is -2.52. The van der Waals surface area contributed by atoms with E-state index in [0.29, 0.717) is 34.3 Å². The van der Waals surface area contributed by atoms with Crippen LogP contribution in [0.25, 0.3) is 0 Å². The third-order valence-corrected chi connectivity index (χ3v) is 7.60. The standard InChI is InChI=1S/C29H28F2N2O4.BrH/c30-23-5-1-3-21(15-23)28(22-4-2-6-24(31)16-22)37-29(36)32-26-17-33(13-11-19(26)12-14-33)18-27(35)20-7-9-25(34)10-8-20;/h1-10,15-16,19,26,28H,11-14,17-18H2,(H-,32,34,35,36);1H. The highest BCUT2D eigenvalue weighted by Gasteiger charge is 2.47. The number of benzene rings is 3. The highest BCUT2D eigenvalue weighted by molar-refractivity contribution is 5.97. The van der Waals surface area contributed by atoms with Crippen molar-refractivity contribution in [2.75, 3.05) is 26.2 Å². The van der Waals surface area contributed by atoms with E-state index in [-0.39, 0.29) is 40.5 Å². The number of nitrogens with one attached hydrogen (secondary N) is 1. The number of ketones is 1. The molecule has 9 heteroatoms. The van der Waals surface area contributed by atoms with Crippen molar-refractivity contribution in [2.45, 2.75) is 25.0 Å². The first-order chi connectivity index (χ1) is 17.8. The van der Waals surface area contributed by atoms with Crippen molar-refractivity contribution in [2.24, 2.45) is 5.92 Å². The van der Waals surface area contributed by atoms with Crippen LogP contribution in [0.1, 0.15) is 40.4 Å². The Labute approximate surface area is 230 Å². The number of hydrogen-bond acceptors (Lipinski definition) is 4. The molecule has 6 nitrogen and oxygen atoms in total. The van der Waals surface area contributed by atoms with Crippen molar-refractivity contribution >= 4 is 11.9 Å². The van der Waals surface area contributed by atoms with Crippen molar-refractivity contribution in [3.05, 3.63) is 101 Å². The Morgan fingerprint density at radius 1 is 0.947 bits per heavy atom. The molecule has 200 valence electrons. The first-order valence-corrected chi connectivity index (χ1v) is 12.5. The summed E-state index contributed by atoms with van der Waals surface area (Å²) >= 11 is 0. The van der Waals surface area contributed by atoms with Gasteiger partial charge in [0, 0.05) is 18.4 Å². The molecule has 2 bridgehead atoms. The van der Waals surface area contributed by atoms with E-state index < -0.39 is 23.8 Å². The number of aromatic hydroxyl groups is 1. The third kappa shape index (κ3) is 6.22. The Morgan fingerprint density at radius 3 is 2.08 bits per heavy atom. The molecule has 3 aliphatic rings. The van der Waals surface area contributed by atoms with E-state index in [9.17, 15) is 23.5 Å². The van der Waals surface area contributed by atoms with Crippen molar-refractivity contribution in [3.63, 3.8) is 0 Å². The van der Waals surface area contributed by atoms with Gasteiger partial charge in [0.05, 0.1) is 25.7 Å². The molecule has 38 heavy (non-hydrogen) atoms. The van der Waals surface area contributed by atoms with Gasteiger partial charge >= 0.3 is 6.09 Å². The maximum Gasteiger partial charge on any atom is 0.408 e. The Bertz CT molecular complexity index is 1250. The van der Waals surface area contributed by atoms with E-state index in [1.54, 1.807) is 24.3 Å². The van der Waals surface area contributed by atoms with E-state index in [2.05, 4.69) is 5.32 Å². The number of Topliss-reactive ketones (excluding diaryl/α,β-unsaturated/α-hetero) is 1. The molecule has 2 N–H and O–H groups in total. The molecule has 3 aliphatic heterocycles. The molecule has 3 aromatic rings. The maximum atomic E-state index is 14.0. The molecule has 3 saturated heterocycles. The van der Waals surface area contributed by atoms with E-state index in [4.69, 9.17) is 4.74 Å². The predicted octanol–water partition coefficient (Wildman–Crippen LogP) is 1.98. The second-order valence-electron chi connectivity index (χ2n) is 10.1. The quantitative estimate of drug-likeness (QED) is 0.328. The van der Waals surface area contributed by atoms with Crippen LogP contribution in [0, 0.1) is 17.6 Å². The minimum absolute atomic E-state index is 0. The Kier molecular flexibility index (Phi) is 8.47. The van der Waals surface area contributed by atoms with Gasteiger partial charge in [-0.3, -0.25) is 4.79 Å². The van der Waals surface area contributed by atoms with Crippen LogP contribution in [-0.4, -0.2) is 53.7 Å². The molecule has 1 amide bonds. The predicted molar refractivity (Wildman–Crippen MR) is 133 cm³/mol. The van der Waals surface area contributed by atoms with Gasteiger partial charge < -0.3 is 36.6 Å². The summed E-state index contributed by atoms with van der Waals surface area (Å²) in [5.74, 6) is -0.577. The molecule has 0 aliphatic carbocycles. The van der Waals surface area contributed by atoms with Crippen LogP contribution in [0.4, 0.5) is 13.6 Å². The van der Waals surface area contributed by atoms with Crippen molar-refractivity contribution in [3.8, 4) is 5.75 Å². The lowest BCUT2D eigenvalue weighted by atomic mass is 9.81. The van der Waals surface area contributed by atoms with Gasteiger partial charge in [0.2, 0.25) is 5.78 Å². The summed E-state index contributed by atoms with van der Waals surface area (Å²) in [4.78, 5) is 26.1. The number of carbonyl (C=O) groups is 2. The number of ether oxygens (including phenoxy) is 1. The fourth-order valence-electron chi connectivity index (χ4n) is 5.68. The lowest BCUT2D eigenvalue weighted by molar-refractivity contribution is -0.936. The zero-order valence-electron chi connectivity index (χ0n) is 20.7. The van der Waals surface area contributed by atoms with Crippen molar-refractivity contribution in [1.82, 2.24) is 5.32 Å². The zero-order valence-corrected chi connectivity index (χ0v) is 22.2. The number of nitrogens with zero attached hydrogens (tertiary/aromatic N) is 1. The van der Waals surface area contributed by atoms with E-state index in [1.165, 1.54) is 48.5 Å². The second-order valence-corrected chi connectivity index (χ2v) is 10.1. The number of rotatable bonds is 7. The lowest BCUT2D eigenvalue weighted by Crippen LogP contribution is -3.00. The van der Waals surface area contributed by atoms with Crippen LogP contribution in [-0.2, 0) is 4.74 Å². The number of halogens is 3. The second kappa shape index (κ2) is 11.6. The number of carbonyl (C=O) groups excluding carboxylic acids is 2. The maximum absolute atomic E-state index is 14.0. The molecular weight excluding hydrogens is 558 g/mol. The number of alkyl carbamates (subject to hydrolysis) is 1. The normalized spacial score (nSPS) is 22.0. The van der Waals surface area contributed by atoms with Gasteiger partial charge in [-0.25, -0.2) is 13.6 Å². The molecule has 0 aromatic heterocycles. The van der Waals surface area contributed by atoms with Gasteiger partial charge in [-0.1, -0.05) is 24.3 Å². The molecule has 0 saturated carbocycles. The summed E-state index contributed by atoms with van der Waals surface area (Å²) in [6, 6.07) is 17.5. The monoisotopic (exact) mass is 586 g/mol. The zero-order chi connectivity index (χ0) is 26.0. The summed E-state index contributed by atoms with van der Waals surface area (Å²) in [5.41, 5.74) is 1.35. The number of fused-ring (bicyclic) bond motifs is 3. The van der Waals surface area contributed by atoms with E-state index in [1.807, 2.05) is 0 Å². The summed E-state index contributed by atoms with van der Waals surface area (Å²) in [5, 5.41) is 12.5. The molecule has 3 aromatic carbocycles. The smallest absolute Gasteiger partial charge is 0.408 e. The van der Waals surface area contributed by atoms with Crippen LogP contribution in [0.5, 0.6) is 5.75 Å². The summed E-state index contributed by atoms with van der Waals surface area (Å²) in [6.07, 6.45) is 0.114. The fourth-order valence-corrected chi connectivity index (χ4v) is 5.68. The van der Waals surface area contributed by atoms with Gasteiger partial charge in [-0.15, -0.1) is 0 Å². The number of piperidine rings is 3. The first kappa shape index (κ1) is 27.7. The average molecular weight is 587 g/mol. The van der Waals surface area contributed by atoms with Crippen LogP contribution >= 0.6 is 0 Å². The topological polar surface area (TPSA) is 75.6 Å². The van der Waals surface area contributed by atoms with E-state index in [0.717, 1.165) is 25.9 Å². The highest BCUT2D eigenvalue weighted by Crippen LogP contribution is 2.35. The molecule has 0 spiro atoms. The van der Waals surface area contributed by atoms with Gasteiger partial charge in [0.15, 0.2) is 6.10 Å². The van der Waals surface area contributed by atoms with Crippen LogP contribution in [0.15, 0.2) is 72.8 Å². The summed E-state index contributed by atoms with van der Waals surface area (Å²) in [6.45, 7) is 2.64. The minimum Gasteiger partial charge on any atom is -1.00 e. The fraction of sp³-hybridized carbons (Fsp3) is 0.310. The minimum atomic E-state index is -0.980. The van der Waals surface area contributed by atoms with Gasteiger partial charge in [0.1, 0.15) is 23.9 Å². The molecule has 3 heterocycles. The highest BCUT2D eigenvalue weighted by atomic mass is 79.9. The average Bonchev–Trinajstić information content (AvgIpc) is 2.88. The Morgan fingerprint density at radius 2 is 1.53 bits per heavy atom. The molecule has 3 fully saturated rings.